The van der Waals surface area contributed by atoms with E-state index >= 15 is 0 Å². The molecule has 1 unspecified atom stereocenters. The normalized spacial score (nSPS) is 11.9. The molecule has 4 nitrogen and oxygen atoms in total. The minimum atomic E-state index is -0.723. The number of alkyl halides is 1. The lowest BCUT2D eigenvalue weighted by Gasteiger charge is -2.06. The topological polar surface area (TPSA) is 58.2 Å². The molecule has 88 valence electrons. The molecule has 7 heteroatoms. The van der Waals surface area contributed by atoms with Gasteiger partial charge in [-0.1, -0.05) is 0 Å². The van der Waals surface area contributed by atoms with E-state index in [1.165, 1.54) is 18.3 Å². The van der Waals surface area contributed by atoms with Gasteiger partial charge in [-0.05, 0) is 34.3 Å². The third kappa shape index (κ3) is 4.11. The lowest BCUT2D eigenvalue weighted by Crippen LogP contribution is -2.41. The number of nitrogens with one attached hydrogen (secondary N) is 2. The van der Waals surface area contributed by atoms with Crippen LogP contribution in [-0.4, -0.2) is 17.3 Å². The van der Waals surface area contributed by atoms with E-state index in [-0.39, 0.29) is 0 Å². The fourth-order valence-electron chi connectivity index (χ4n) is 0.867. The Hall–Kier alpha value is -0.590. The molecule has 3 amide bonds. The van der Waals surface area contributed by atoms with Gasteiger partial charge in [0.1, 0.15) is 5.38 Å². The summed E-state index contributed by atoms with van der Waals surface area (Å²) < 4.78 is 0.940. The fraction of sp³-hybridized carbons (Fsp3) is 0.333. The average molecular weight is 326 g/mol. The standard InChI is InChI=1S/C9H10BrClN2O2S/c1-5(11)8(14)13-9(15)12-4-7-6(10)2-3-16-7/h2-3,5H,4H2,1H3,(H2,12,13,14,15). The highest BCUT2D eigenvalue weighted by Crippen LogP contribution is 2.21. The number of carbonyl (C=O) groups excluding carboxylic acids is 2. The van der Waals surface area contributed by atoms with Crippen LogP contribution in [0.4, 0.5) is 4.79 Å². The van der Waals surface area contributed by atoms with Crippen LogP contribution in [0.15, 0.2) is 15.9 Å². The van der Waals surface area contributed by atoms with E-state index in [2.05, 4.69) is 26.6 Å². The van der Waals surface area contributed by atoms with Crippen LogP contribution in [0.5, 0.6) is 0 Å². The van der Waals surface area contributed by atoms with Crippen LogP contribution in [0.2, 0.25) is 0 Å². The number of rotatable bonds is 3. The molecular formula is C9H10BrClN2O2S. The predicted molar refractivity (Wildman–Crippen MR) is 67.7 cm³/mol. The van der Waals surface area contributed by atoms with Gasteiger partial charge in [-0.25, -0.2) is 4.79 Å². The molecule has 0 saturated carbocycles. The molecular weight excluding hydrogens is 316 g/mol. The third-order valence-corrected chi connectivity index (χ3v) is 3.82. The quantitative estimate of drug-likeness (QED) is 0.839. The summed E-state index contributed by atoms with van der Waals surface area (Å²) in [6.45, 7) is 1.87. The zero-order valence-electron chi connectivity index (χ0n) is 8.42. The van der Waals surface area contributed by atoms with Crippen LogP contribution in [0.25, 0.3) is 0 Å². The number of imide groups is 1. The second-order valence-electron chi connectivity index (χ2n) is 2.98. The molecule has 1 aromatic rings. The Morgan fingerprint density at radius 3 is 2.81 bits per heavy atom. The third-order valence-electron chi connectivity index (χ3n) is 1.70. The van der Waals surface area contributed by atoms with Crippen molar-refractivity contribution >= 4 is 50.8 Å². The average Bonchev–Trinajstić information content (AvgIpc) is 2.61. The van der Waals surface area contributed by atoms with Crippen molar-refractivity contribution in [2.75, 3.05) is 0 Å². The molecule has 1 aromatic heterocycles. The van der Waals surface area contributed by atoms with Crippen molar-refractivity contribution in [3.8, 4) is 0 Å². The van der Waals surface area contributed by atoms with Gasteiger partial charge in [0, 0.05) is 9.35 Å². The first kappa shape index (κ1) is 13.5. The number of thiophene rings is 1. The van der Waals surface area contributed by atoms with Crippen LogP contribution in [0.3, 0.4) is 0 Å². The van der Waals surface area contributed by atoms with Gasteiger partial charge in [-0.2, -0.15) is 0 Å². The van der Waals surface area contributed by atoms with E-state index in [1.807, 2.05) is 11.4 Å². The summed E-state index contributed by atoms with van der Waals surface area (Å²) in [4.78, 5) is 23.3. The maximum Gasteiger partial charge on any atom is 0.321 e. The highest BCUT2D eigenvalue weighted by Gasteiger charge is 2.12. The minimum Gasteiger partial charge on any atom is -0.333 e. The Bertz CT molecular complexity index is 395. The number of hydrogen-bond acceptors (Lipinski definition) is 3. The van der Waals surface area contributed by atoms with Crippen molar-refractivity contribution in [3.63, 3.8) is 0 Å². The smallest absolute Gasteiger partial charge is 0.321 e. The summed E-state index contributed by atoms with van der Waals surface area (Å²) >= 11 is 10.4. The Balaban J connectivity index is 2.36. The Morgan fingerprint density at radius 1 is 1.62 bits per heavy atom. The maximum atomic E-state index is 11.3. The summed E-state index contributed by atoms with van der Waals surface area (Å²) in [5.41, 5.74) is 0. The predicted octanol–water partition coefficient (Wildman–Crippen LogP) is 2.46. The van der Waals surface area contributed by atoms with Gasteiger partial charge in [0.2, 0.25) is 5.91 Å². The van der Waals surface area contributed by atoms with E-state index in [0.29, 0.717) is 6.54 Å². The Kier molecular flexibility index (Phi) is 5.24. The molecule has 0 aliphatic rings. The summed E-state index contributed by atoms with van der Waals surface area (Å²) in [5.74, 6) is -0.510. The van der Waals surface area contributed by atoms with Gasteiger partial charge in [0.25, 0.3) is 0 Å². The van der Waals surface area contributed by atoms with Crippen molar-refractivity contribution < 1.29 is 9.59 Å². The van der Waals surface area contributed by atoms with Crippen molar-refractivity contribution in [1.29, 1.82) is 0 Å². The molecule has 0 spiro atoms. The zero-order chi connectivity index (χ0) is 12.1. The van der Waals surface area contributed by atoms with Gasteiger partial charge in [0.15, 0.2) is 0 Å². The monoisotopic (exact) mass is 324 g/mol. The van der Waals surface area contributed by atoms with E-state index in [1.54, 1.807) is 0 Å². The van der Waals surface area contributed by atoms with Crippen LogP contribution < -0.4 is 10.6 Å². The molecule has 0 fully saturated rings. The maximum absolute atomic E-state index is 11.3. The van der Waals surface area contributed by atoms with Crippen LogP contribution in [0, 0.1) is 0 Å². The number of hydrogen-bond donors (Lipinski definition) is 2. The van der Waals surface area contributed by atoms with Crippen molar-refractivity contribution in [2.45, 2.75) is 18.8 Å². The molecule has 0 aliphatic carbocycles. The van der Waals surface area contributed by atoms with Crippen LogP contribution >= 0.6 is 38.9 Å². The highest BCUT2D eigenvalue weighted by atomic mass is 79.9. The second kappa shape index (κ2) is 6.22. The van der Waals surface area contributed by atoms with Gasteiger partial charge in [-0.3, -0.25) is 10.1 Å². The molecule has 0 saturated heterocycles. The SMILES string of the molecule is CC(Cl)C(=O)NC(=O)NCc1sccc1Br. The highest BCUT2D eigenvalue weighted by molar-refractivity contribution is 9.10. The first-order valence-corrected chi connectivity index (χ1v) is 6.56. The number of carbonyl (C=O) groups is 2. The summed E-state index contributed by atoms with van der Waals surface area (Å²) in [6, 6.07) is 1.35. The van der Waals surface area contributed by atoms with Crippen LogP contribution in [0.1, 0.15) is 11.8 Å². The summed E-state index contributed by atoms with van der Waals surface area (Å²) in [6.07, 6.45) is 0. The largest absolute Gasteiger partial charge is 0.333 e. The van der Waals surface area contributed by atoms with Gasteiger partial charge in [0.05, 0.1) is 6.54 Å². The van der Waals surface area contributed by atoms with Gasteiger partial charge < -0.3 is 5.32 Å². The van der Waals surface area contributed by atoms with E-state index in [0.717, 1.165) is 9.35 Å². The zero-order valence-corrected chi connectivity index (χ0v) is 11.6. The first-order valence-electron chi connectivity index (χ1n) is 4.45. The fourth-order valence-corrected chi connectivity index (χ4v) is 2.35. The molecule has 16 heavy (non-hydrogen) atoms. The number of halogens is 2. The Labute approximate surface area is 110 Å². The number of amides is 3. The van der Waals surface area contributed by atoms with E-state index < -0.39 is 17.3 Å². The molecule has 0 radical (unpaired) electrons. The molecule has 1 heterocycles. The first-order chi connectivity index (χ1) is 7.50. The summed E-state index contributed by atoms with van der Waals surface area (Å²) in [7, 11) is 0. The van der Waals surface area contributed by atoms with E-state index in [9.17, 15) is 9.59 Å². The molecule has 1 atom stereocenters. The molecule has 0 aromatic carbocycles. The summed E-state index contributed by atoms with van der Waals surface area (Å²) in [5, 5.41) is 5.88. The van der Waals surface area contributed by atoms with E-state index in [4.69, 9.17) is 11.6 Å². The van der Waals surface area contributed by atoms with Gasteiger partial charge in [-0.15, -0.1) is 22.9 Å². The molecule has 0 bridgehead atoms. The van der Waals surface area contributed by atoms with Gasteiger partial charge >= 0.3 is 6.03 Å². The lowest BCUT2D eigenvalue weighted by atomic mass is 10.4. The molecule has 0 aliphatic heterocycles. The van der Waals surface area contributed by atoms with Crippen LogP contribution in [-0.2, 0) is 11.3 Å². The molecule has 2 N–H and O–H groups in total. The number of urea groups is 1. The van der Waals surface area contributed by atoms with Crippen molar-refractivity contribution in [2.24, 2.45) is 0 Å². The molecule has 1 rings (SSSR count). The lowest BCUT2D eigenvalue weighted by molar-refractivity contribution is -0.119. The minimum absolute atomic E-state index is 0.369. The second-order valence-corrected chi connectivity index (χ2v) is 5.49. The van der Waals surface area contributed by atoms with Crippen molar-refractivity contribution in [3.05, 3.63) is 20.8 Å². The van der Waals surface area contributed by atoms with Crippen molar-refractivity contribution in [1.82, 2.24) is 10.6 Å². The Morgan fingerprint density at radius 2 is 2.31 bits per heavy atom.